The van der Waals surface area contributed by atoms with Gasteiger partial charge in [-0.25, -0.2) is 9.97 Å². The Labute approximate surface area is 139 Å². The highest BCUT2D eigenvalue weighted by molar-refractivity contribution is 7.79. The molecule has 0 amide bonds. The van der Waals surface area contributed by atoms with Gasteiger partial charge in [0.25, 0.3) is 0 Å². The van der Waals surface area contributed by atoms with Crippen molar-refractivity contribution in [2.75, 3.05) is 5.73 Å². The Morgan fingerprint density at radius 3 is 2.14 bits per heavy atom. The fourth-order valence-corrected chi connectivity index (χ4v) is 2.83. The first-order valence-electron chi connectivity index (χ1n) is 6.68. The van der Waals surface area contributed by atoms with Crippen molar-refractivity contribution in [2.24, 2.45) is 0 Å². The summed E-state index contributed by atoms with van der Waals surface area (Å²) in [6.45, 7) is 0. The van der Waals surface area contributed by atoms with Gasteiger partial charge >= 0.3 is 5.97 Å². The van der Waals surface area contributed by atoms with Crippen LogP contribution in [0, 0.1) is 0 Å². The molecule has 22 heavy (non-hydrogen) atoms. The number of benzene rings is 1. The predicted molar refractivity (Wildman–Crippen MR) is 92.3 cm³/mol. The number of carboxylic acids is 1. The lowest BCUT2D eigenvalue weighted by Crippen LogP contribution is -2.19. The maximum atomic E-state index is 11.8. The molecular weight excluding hydrogens is 318 g/mol. The van der Waals surface area contributed by atoms with E-state index in [1.165, 1.54) is 6.33 Å². The molecule has 0 bridgehead atoms. The monoisotopic (exact) mass is 335 g/mol. The van der Waals surface area contributed by atoms with Crippen LogP contribution in [0.15, 0.2) is 30.6 Å². The number of rotatable bonds is 6. The van der Waals surface area contributed by atoms with Gasteiger partial charge in [-0.2, -0.15) is 25.3 Å². The number of nitrogens with two attached hydrogens (primary N) is 1. The molecule has 2 aromatic rings. The number of carbonyl (C=O) groups is 1. The van der Waals surface area contributed by atoms with Crippen molar-refractivity contribution in [3.63, 3.8) is 0 Å². The van der Waals surface area contributed by atoms with Crippen molar-refractivity contribution in [3.05, 3.63) is 53.1 Å². The van der Waals surface area contributed by atoms with Gasteiger partial charge in [0.15, 0.2) is 0 Å². The van der Waals surface area contributed by atoms with E-state index in [1.807, 2.05) is 12.1 Å². The summed E-state index contributed by atoms with van der Waals surface area (Å²) in [4.78, 5) is 20.1. The smallest absolute Gasteiger partial charge is 0.311 e. The van der Waals surface area contributed by atoms with Gasteiger partial charge in [-0.3, -0.25) is 4.79 Å². The molecule has 0 radical (unpaired) electrons. The van der Waals surface area contributed by atoms with Gasteiger partial charge in [-0.1, -0.05) is 12.1 Å². The number of nitrogens with zero attached hydrogens (tertiary/aromatic N) is 2. The molecule has 1 unspecified atom stereocenters. The Kier molecular flexibility index (Phi) is 5.68. The SMILES string of the molecule is Nc1ccc(CC(C(=O)O)c2c(CS)ncnc2CS)cc1. The van der Waals surface area contributed by atoms with Gasteiger partial charge in [0, 0.05) is 22.8 Å². The predicted octanol–water partition coefficient (Wildman–Crippen LogP) is 2.33. The second-order valence-corrected chi connectivity index (χ2v) is 5.47. The first-order chi connectivity index (χ1) is 10.6. The Bertz CT molecular complexity index is 640. The standard InChI is InChI=1S/C15H17N3O2S2/c16-10-3-1-9(2-4-10)5-11(15(19)20)14-12(6-21)17-8-18-13(14)7-22/h1-4,8,11,21-22H,5-7,16H2,(H,19,20). The highest BCUT2D eigenvalue weighted by Gasteiger charge is 2.26. The number of aliphatic carboxylic acids is 1. The van der Waals surface area contributed by atoms with Crippen molar-refractivity contribution in [2.45, 2.75) is 23.8 Å². The van der Waals surface area contributed by atoms with Crippen LogP contribution in [0.2, 0.25) is 0 Å². The summed E-state index contributed by atoms with van der Waals surface area (Å²) in [6, 6.07) is 7.18. The molecule has 0 saturated carbocycles. The molecule has 2 rings (SSSR count). The normalized spacial score (nSPS) is 12.1. The van der Waals surface area contributed by atoms with E-state index in [2.05, 4.69) is 35.2 Å². The maximum Gasteiger partial charge on any atom is 0.311 e. The minimum atomic E-state index is -0.919. The molecule has 1 atom stereocenters. The highest BCUT2D eigenvalue weighted by Crippen LogP contribution is 2.28. The van der Waals surface area contributed by atoms with Crippen LogP contribution in [0.25, 0.3) is 0 Å². The number of anilines is 1. The Morgan fingerprint density at radius 2 is 1.68 bits per heavy atom. The molecule has 5 nitrogen and oxygen atoms in total. The molecule has 0 saturated heterocycles. The number of thiol groups is 2. The molecule has 0 aliphatic rings. The highest BCUT2D eigenvalue weighted by atomic mass is 32.1. The van der Waals surface area contributed by atoms with Crippen molar-refractivity contribution >= 4 is 36.9 Å². The molecule has 0 fully saturated rings. The minimum absolute atomic E-state index is 0.338. The Hall–Kier alpha value is -1.73. The fourth-order valence-electron chi connectivity index (χ4n) is 2.33. The Morgan fingerprint density at radius 1 is 1.14 bits per heavy atom. The lowest BCUT2D eigenvalue weighted by molar-refractivity contribution is -0.138. The van der Waals surface area contributed by atoms with Crippen LogP contribution in [0.5, 0.6) is 0 Å². The van der Waals surface area contributed by atoms with Crippen LogP contribution in [0.1, 0.15) is 28.4 Å². The molecule has 0 aliphatic heterocycles. The van der Waals surface area contributed by atoms with Gasteiger partial charge in [0.05, 0.1) is 17.3 Å². The zero-order valence-corrected chi connectivity index (χ0v) is 13.6. The van der Waals surface area contributed by atoms with Crippen molar-refractivity contribution in [1.82, 2.24) is 9.97 Å². The quantitative estimate of drug-likeness (QED) is 0.481. The summed E-state index contributed by atoms with van der Waals surface area (Å²) in [5.74, 6) is -0.958. The lowest BCUT2D eigenvalue weighted by atomic mass is 9.90. The lowest BCUT2D eigenvalue weighted by Gasteiger charge is -2.18. The first kappa shape index (κ1) is 16.6. The summed E-state index contributed by atoms with van der Waals surface area (Å²) in [5.41, 5.74) is 9.06. The molecule has 1 heterocycles. The average molecular weight is 335 g/mol. The van der Waals surface area contributed by atoms with E-state index >= 15 is 0 Å². The van der Waals surface area contributed by atoms with E-state index in [9.17, 15) is 9.90 Å². The van der Waals surface area contributed by atoms with Crippen molar-refractivity contribution in [3.8, 4) is 0 Å². The number of hydrogen-bond acceptors (Lipinski definition) is 6. The third-order valence-corrected chi connectivity index (χ3v) is 4.01. The van der Waals surface area contributed by atoms with Gasteiger partial charge in [0.1, 0.15) is 6.33 Å². The molecule has 3 N–H and O–H groups in total. The van der Waals surface area contributed by atoms with Crippen LogP contribution in [0.4, 0.5) is 5.69 Å². The van der Waals surface area contributed by atoms with Crippen molar-refractivity contribution in [1.29, 1.82) is 0 Å². The summed E-state index contributed by atoms with van der Waals surface area (Å²) in [7, 11) is 0. The van der Waals surface area contributed by atoms with E-state index < -0.39 is 11.9 Å². The van der Waals surface area contributed by atoms with Crippen LogP contribution in [0.3, 0.4) is 0 Å². The van der Waals surface area contributed by atoms with Crippen LogP contribution >= 0.6 is 25.3 Å². The molecule has 1 aromatic heterocycles. The van der Waals surface area contributed by atoms with E-state index in [0.29, 0.717) is 40.6 Å². The van der Waals surface area contributed by atoms with E-state index in [4.69, 9.17) is 5.73 Å². The second-order valence-electron chi connectivity index (χ2n) is 4.83. The molecule has 7 heteroatoms. The summed E-state index contributed by atoms with van der Waals surface area (Å²) >= 11 is 8.49. The third-order valence-electron chi connectivity index (χ3n) is 3.41. The van der Waals surface area contributed by atoms with E-state index in [0.717, 1.165) is 5.56 Å². The topological polar surface area (TPSA) is 89.1 Å². The summed E-state index contributed by atoms with van der Waals surface area (Å²) in [6.07, 6.45) is 1.76. The van der Waals surface area contributed by atoms with Gasteiger partial charge in [-0.05, 0) is 24.1 Å². The zero-order valence-electron chi connectivity index (χ0n) is 11.8. The van der Waals surface area contributed by atoms with E-state index in [1.54, 1.807) is 12.1 Å². The van der Waals surface area contributed by atoms with Crippen LogP contribution in [-0.2, 0) is 22.7 Å². The van der Waals surface area contributed by atoms with Crippen LogP contribution < -0.4 is 5.73 Å². The van der Waals surface area contributed by atoms with Crippen molar-refractivity contribution < 1.29 is 9.90 Å². The summed E-state index contributed by atoms with van der Waals surface area (Å²) in [5, 5.41) is 9.65. The molecule has 1 aromatic carbocycles. The second kappa shape index (κ2) is 7.51. The van der Waals surface area contributed by atoms with Gasteiger partial charge in [-0.15, -0.1) is 0 Å². The maximum absolute atomic E-state index is 11.8. The largest absolute Gasteiger partial charge is 0.481 e. The number of aromatic nitrogens is 2. The molecular formula is C15H17N3O2S2. The number of hydrogen-bond donors (Lipinski definition) is 4. The van der Waals surface area contributed by atoms with Crippen LogP contribution in [-0.4, -0.2) is 21.0 Å². The fraction of sp³-hybridized carbons (Fsp3) is 0.267. The van der Waals surface area contributed by atoms with Gasteiger partial charge < -0.3 is 10.8 Å². The molecule has 116 valence electrons. The average Bonchev–Trinajstić information content (AvgIpc) is 2.53. The third kappa shape index (κ3) is 3.72. The summed E-state index contributed by atoms with van der Waals surface area (Å²) < 4.78 is 0. The number of carboxylic acid groups (broad SMARTS) is 1. The first-order valence-corrected chi connectivity index (χ1v) is 7.95. The van der Waals surface area contributed by atoms with Gasteiger partial charge in [0.2, 0.25) is 0 Å². The molecule has 0 aliphatic carbocycles. The zero-order chi connectivity index (χ0) is 16.1. The Balaban J connectivity index is 2.44. The minimum Gasteiger partial charge on any atom is -0.481 e. The molecule has 0 spiro atoms. The van der Waals surface area contributed by atoms with E-state index in [-0.39, 0.29) is 0 Å². The number of nitrogen functional groups attached to an aromatic ring is 1.